The van der Waals surface area contributed by atoms with Crippen molar-refractivity contribution in [1.29, 1.82) is 0 Å². The van der Waals surface area contributed by atoms with Gasteiger partial charge in [-0.1, -0.05) is 17.7 Å². The lowest BCUT2D eigenvalue weighted by Crippen LogP contribution is -2.28. The minimum absolute atomic E-state index is 0.00852. The lowest BCUT2D eigenvalue weighted by Gasteiger charge is -2.17. The zero-order valence-electron chi connectivity index (χ0n) is 15.1. The Morgan fingerprint density at radius 2 is 2.04 bits per heavy atom. The Morgan fingerprint density at radius 1 is 1.18 bits per heavy atom. The van der Waals surface area contributed by atoms with E-state index in [9.17, 15) is 9.59 Å². The Balaban J connectivity index is 1.55. The molecule has 2 aromatic carbocycles. The van der Waals surface area contributed by atoms with Crippen molar-refractivity contribution in [2.45, 2.75) is 6.42 Å². The molecule has 0 spiro atoms. The van der Waals surface area contributed by atoms with Crippen LogP contribution in [0.1, 0.15) is 25.6 Å². The van der Waals surface area contributed by atoms with Gasteiger partial charge in [0.2, 0.25) is 0 Å². The van der Waals surface area contributed by atoms with Crippen LogP contribution in [-0.2, 0) is 6.42 Å². The molecule has 0 atom stereocenters. The fourth-order valence-corrected chi connectivity index (χ4v) is 4.12. The van der Waals surface area contributed by atoms with Gasteiger partial charge in [0, 0.05) is 22.9 Å². The first-order chi connectivity index (χ1) is 13.6. The molecule has 0 aliphatic carbocycles. The molecule has 4 rings (SSSR count). The first-order valence-corrected chi connectivity index (χ1v) is 9.96. The molecule has 5 nitrogen and oxygen atoms in total. The molecule has 28 heavy (non-hydrogen) atoms. The van der Waals surface area contributed by atoms with E-state index in [1.807, 2.05) is 29.6 Å². The topological polar surface area (TPSA) is 58.6 Å². The molecular weight excluding hydrogens is 396 g/mol. The van der Waals surface area contributed by atoms with Crippen LogP contribution in [-0.4, -0.2) is 25.5 Å². The number of carbonyl (C=O) groups is 2. The molecule has 0 saturated carbocycles. The number of hydrogen-bond donors (Lipinski definition) is 1. The summed E-state index contributed by atoms with van der Waals surface area (Å²) in [5.74, 6) is 0.161. The van der Waals surface area contributed by atoms with Gasteiger partial charge in [0.05, 0.1) is 17.6 Å². The predicted molar refractivity (Wildman–Crippen MR) is 112 cm³/mol. The van der Waals surface area contributed by atoms with Crippen molar-refractivity contribution in [1.82, 2.24) is 0 Å². The van der Waals surface area contributed by atoms with Gasteiger partial charge in [-0.15, -0.1) is 11.3 Å². The van der Waals surface area contributed by atoms with Crippen molar-refractivity contribution < 1.29 is 14.3 Å². The lowest BCUT2D eigenvalue weighted by molar-refractivity contribution is 0.0991. The third-order valence-corrected chi connectivity index (χ3v) is 5.71. The molecule has 7 heteroatoms. The quantitative estimate of drug-likeness (QED) is 0.665. The molecule has 1 aliphatic rings. The predicted octanol–water partition coefficient (Wildman–Crippen LogP) is 4.87. The zero-order valence-corrected chi connectivity index (χ0v) is 16.6. The highest BCUT2D eigenvalue weighted by Gasteiger charge is 2.26. The molecule has 2 amide bonds. The number of nitrogens with zero attached hydrogens (tertiary/aromatic N) is 1. The molecule has 0 bridgehead atoms. The van der Waals surface area contributed by atoms with E-state index >= 15 is 0 Å². The minimum Gasteiger partial charge on any atom is -0.496 e. The number of rotatable bonds is 4. The van der Waals surface area contributed by atoms with E-state index in [1.54, 1.807) is 29.2 Å². The van der Waals surface area contributed by atoms with Gasteiger partial charge in [-0.3, -0.25) is 9.59 Å². The maximum absolute atomic E-state index is 12.7. The van der Waals surface area contributed by atoms with Crippen LogP contribution in [0.2, 0.25) is 5.02 Å². The highest BCUT2D eigenvalue weighted by molar-refractivity contribution is 7.12. The van der Waals surface area contributed by atoms with E-state index in [4.69, 9.17) is 16.3 Å². The molecule has 1 aromatic heterocycles. The summed E-state index contributed by atoms with van der Waals surface area (Å²) in [6.45, 7) is 0.631. The van der Waals surface area contributed by atoms with Gasteiger partial charge in [0.15, 0.2) is 0 Å². The maximum atomic E-state index is 12.7. The van der Waals surface area contributed by atoms with Gasteiger partial charge in [0.1, 0.15) is 5.75 Å². The number of hydrogen-bond acceptors (Lipinski definition) is 4. The number of ether oxygens (including phenoxy) is 1. The van der Waals surface area contributed by atoms with Crippen LogP contribution in [0.4, 0.5) is 11.4 Å². The van der Waals surface area contributed by atoms with Crippen LogP contribution < -0.4 is 15.0 Å². The van der Waals surface area contributed by atoms with Crippen LogP contribution in [0.3, 0.4) is 0 Å². The number of benzene rings is 2. The number of fused-ring (bicyclic) bond motifs is 1. The van der Waals surface area contributed by atoms with E-state index in [-0.39, 0.29) is 11.8 Å². The molecule has 1 N–H and O–H groups in total. The van der Waals surface area contributed by atoms with E-state index in [0.717, 1.165) is 22.5 Å². The molecule has 3 aromatic rings. The number of halogens is 1. The Hall–Kier alpha value is -2.83. The van der Waals surface area contributed by atoms with Gasteiger partial charge >= 0.3 is 0 Å². The van der Waals surface area contributed by atoms with Crippen molar-refractivity contribution in [3.8, 4) is 5.75 Å². The third kappa shape index (κ3) is 3.48. The summed E-state index contributed by atoms with van der Waals surface area (Å²) in [6, 6.07) is 14.2. The van der Waals surface area contributed by atoms with E-state index in [2.05, 4.69) is 5.32 Å². The summed E-state index contributed by atoms with van der Waals surface area (Å²) in [7, 11) is 1.51. The van der Waals surface area contributed by atoms with Crippen molar-refractivity contribution in [2.24, 2.45) is 0 Å². The van der Waals surface area contributed by atoms with E-state index in [1.165, 1.54) is 18.4 Å². The Kier molecular flexibility index (Phi) is 5.07. The lowest BCUT2D eigenvalue weighted by atomic mass is 10.1. The number of anilines is 2. The third-order valence-electron chi connectivity index (χ3n) is 4.62. The van der Waals surface area contributed by atoms with Gasteiger partial charge in [-0.25, -0.2) is 0 Å². The monoisotopic (exact) mass is 412 g/mol. The summed E-state index contributed by atoms with van der Waals surface area (Å²) in [5.41, 5.74) is 2.94. The number of methoxy groups -OCH3 is 1. The highest BCUT2D eigenvalue weighted by atomic mass is 35.5. The normalized spacial score (nSPS) is 12.6. The van der Waals surface area contributed by atoms with Crippen LogP contribution in [0.25, 0.3) is 0 Å². The van der Waals surface area contributed by atoms with Crippen molar-refractivity contribution >= 4 is 46.1 Å². The summed E-state index contributed by atoms with van der Waals surface area (Å²) in [4.78, 5) is 27.8. The Morgan fingerprint density at radius 3 is 2.79 bits per heavy atom. The molecule has 0 fully saturated rings. The molecule has 0 radical (unpaired) electrons. The second-order valence-corrected chi connectivity index (χ2v) is 7.71. The fourth-order valence-electron chi connectivity index (χ4n) is 3.28. The largest absolute Gasteiger partial charge is 0.496 e. The minimum atomic E-state index is -0.302. The number of amides is 2. The molecule has 142 valence electrons. The van der Waals surface area contributed by atoms with Crippen molar-refractivity contribution in [3.05, 3.63) is 74.9 Å². The second-order valence-electron chi connectivity index (χ2n) is 6.33. The molecule has 0 saturated heterocycles. The SMILES string of the molecule is COc1ccc(Cl)cc1C(=O)Nc1ccc2c(c1)CCN2C(=O)c1cccs1. The first-order valence-electron chi connectivity index (χ1n) is 8.70. The highest BCUT2D eigenvalue weighted by Crippen LogP contribution is 2.33. The smallest absolute Gasteiger partial charge is 0.268 e. The van der Waals surface area contributed by atoms with Gasteiger partial charge in [0.25, 0.3) is 11.8 Å². The maximum Gasteiger partial charge on any atom is 0.268 e. The Labute approximate surface area is 171 Å². The van der Waals surface area contributed by atoms with Crippen molar-refractivity contribution in [3.63, 3.8) is 0 Å². The number of thiophene rings is 1. The molecule has 2 heterocycles. The van der Waals surface area contributed by atoms with Gasteiger partial charge < -0.3 is 15.0 Å². The summed E-state index contributed by atoms with van der Waals surface area (Å²) >= 11 is 7.45. The van der Waals surface area contributed by atoms with Crippen LogP contribution >= 0.6 is 22.9 Å². The molecule has 0 unspecified atom stereocenters. The summed E-state index contributed by atoms with van der Waals surface area (Å²) in [5, 5.41) is 5.24. The van der Waals surface area contributed by atoms with Crippen LogP contribution in [0.15, 0.2) is 53.9 Å². The summed E-state index contributed by atoms with van der Waals surface area (Å²) in [6.07, 6.45) is 0.747. The standard InChI is InChI=1S/C21H17ClN2O3S/c1-27-18-7-4-14(22)12-16(18)20(25)23-15-5-6-17-13(11-15)8-9-24(17)21(26)19-3-2-10-28-19/h2-7,10-12H,8-9H2,1H3,(H,23,25). The fraction of sp³-hybridized carbons (Fsp3) is 0.143. The average molecular weight is 413 g/mol. The van der Waals surface area contributed by atoms with Crippen LogP contribution in [0, 0.1) is 0 Å². The average Bonchev–Trinajstić information content (AvgIpc) is 3.37. The zero-order chi connectivity index (χ0) is 19.7. The van der Waals surface area contributed by atoms with Crippen molar-refractivity contribution in [2.75, 3.05) is 23.9 Å². The second kappa shape index (κ2) is 7.66. The van der Waals surface area contributed by atoms with Gasteiger partial charge in [-0.05, 0) is 59.8 Å². The van der Waals surface area contributed by atoms with E-state index < -0.39 is 0 Å². The molecular formula is C21H17ClN2O3S. The van der Waals surface area contributed by atoms with E-state index in [0.29, 0.717) is 28.6 Å². The number of carbonyl (C=O) groups excluding carboxylic acids is 2. The first kappa shape index (κ1) is 18.5. The number of nitrogens with one attached hydrogen (secondary N) is 1. The van der Waals surface area contributed by atoms with Gasteiger partial charge in [-0.2, -0.15) is 0 Å². The summed E-state index contributed by atoms with van der Waals surface area (Å²) < 4.78 is 5.25. The molecule has 1 aliphatic heterocycles. The Bertz CT molecular complexity index is 1050. The van der Waals surface area contributed by atoms with Crippen LogP contribution in [0.5, 0.6) is 5.75 Å².